The second kappa shape index (κ2) is 50.4. The molecule has 0 aliphatic carbocycles. The largest absolute Gasteiger partial charge is 1.00 e. The Morgan fingerprint density at radius 2 is 1.19 bits per heavy atom. The van der Waals surface area contributed by atoms with Crippen molar-refractivity contribution in [2.75, 3.05) is 61.1 Å². The van der Waals surface area contributed by atoms with E-state index < -0.39 is 10.8 Å². The molecule has 7 nitrogen and oxygen atoms in total. The predicted octanol–water partition coefficient (Wildman–Crippen LogP) is -8.04. The second-order valence-corrected chi connectivity index (χ2v) is 5.40. The maximum Gasteiger partial charge on any atom is 1.00 e. The minimum absolute atomic E-state index is 0. The van der Waals surface area contributed by atoms with Crippen molar-refractivity contribution in [2.24, 2.45) is 0 Å². The molecule has 0 radical (unpaired) electrons. The zero-order chi connectivity index (χ0) is 22.6. The Bertz CT molecular complexity index is 469. The van der Waals surface area contributed by atoms with Crippen LogP contribution in [-0.4, -0.2) is 80.7 Å². The first-order valence-electron chi connectivity index (χ1n) is 8.16. The van der Waals surface area contributed by atoms with E-state index >= 15 is 0 Å². The van der Waals surface area contributed by atoms with Crippen molar-refractivity contribution in [1.29, 1.82) is 0 Å². The van der Waals surface area contributed by atoms with Crippen LogP contribution in [0.1, 0.15) is 1.43 Å². The first kappa shape index (κ1) is 51.2. The molecule has 2 aromatic carbocycles. The third kappa shape index (κ3) is 55.4. The summed E-state index contributed by atoms with van der Waals surface area (Å²) in [6, 6.07) is 16.7. The van der Waals surface area contributed by atoms with Crippen LogP contribution in [0.4, 0.5) is 0 Å². The summed E-state index contributed by atoms with van der Waals surface area (Å²) >= 11 is 0. The van der Waals surface area contributed by atoms with E-state index in [1.54, 1.807) is 7.11 Å². The molecule has 0 aromatic heterocycles. The fourth-order valence-electron chi connectivity index (χ4n) is 1.22. The monoisotopic (exact) mass is 538 g/mol. The number of methoxy groups -OCH3 is 1. The van der Waals surface area contributed by atoms with E-state index in [1.165, 1.54) is 17.0 Å². The van der Waals surface area contributed by atoms with Crippen LogP contribution in [0.5, 0.6) is 0 Å². The molecule has 11 heteroatoms. The van der Waals surface area contributed by atoms with Crippen LogP contribution in [0.15, 0.2) is 48.5 Å². The van der Waals surface area contributed by atoms with Crippen molar-refractivity contribution < 1.29 is 190 Å². The molecule has 1 aliphatic rings. The van der Waals surface area contributed by atoms with E-state index in [4.69, 9.17) is 20.4 Å². The molecule has 0 bridgehead atoms. The Morgan fingerprint density at radius 1 is 0.968 bits per heavy atom. The van der Waals surface area contributed by atoms with E-state index in [2.05, 4.69) is 64.3 Å². The van der Waals surface area contributed by atoms with Gasteiger partial charge in [-0.1, -0.05) is 48.5 Å². The molecule has 168 valence electrons. The fraction of sp³-hybridized carbons (Fsp3) is 0.450. The Morgan fingerprint density at radius 3 is 1.29 bits per heavy atom. The summed E-state index contributed by atoms with van der Waals surface area (Å²) in [6.07, 6.45) is 4.64. The van der Waals surface area contributed by atoms with Crippen molar-refractivity contribution in [3.8, 4) is 0 Å². The normalized spacial score (nSPS) is 9.48. The van der Waals surface area contributed by atoms with Gasteiger partial charge in [0.25, 0.3) is 0 Å². The maximum atomic E-state index is 9.44. The summed E-state index contributed by atoms with van der Waals surface area (Å²) < 4.78 is 18.4. The quantitative estimate of drug-likeness (QED) is 0.197. The average molecular weight is 539 g/mol. The number of aliphatic hydroxyl groups is 3. The second-order valence-electron chi connectivity index (χ2n) is 4.25. The van der Waals surface area contributed by atoms with E-state index in [0.717, 1.165) is 34.5 Å². The van der Waals surface area contributed by atoms with Crippen molar-refractivity contribution >= 4 is 21.6 Å². The van der Waals surface area contributed by atoms with Gasteiger partial charge < -0.3 is 31.3 Å². The van der Waals surface area contributed by atoms with Crippen LogP contribution < -0.4 is 159 Å². The molecule has 1 aliphatic heterocycles. The van der Waals surface area contributed by atoms with Gasteiger partial charge in [0.15, 0.2) is 0 Å². The summed E-state index contributed by atoms with van der Waals surface area (Å²) in [5.41, 5.74) is 0. The number of hydrogen-bond acceptors (Lipinski definition) is 7. The molecular weight excluding hydrogens is 502 g/mol. The molecule has 0 amide bonds. The van der Waals surface area contributed by atoms with Gasteiger partial charge in [-0.05, 0) is 17.0 Å². The van der Waals surface area contributed by atoms with Crippen LogP contribution in [0.25, 0.3) is 10.8 Å². The standard InChI is InChI=1S/C10H8.C3H8O2.C2H5OS.C2H4O.2CH4O.CH3O.3K.H/c1-2-6-10-8-4-3-7-9(10)5-1;1-5-3-2-4;1-4(2)3;1-2-3-1;3*1-2;;;;/h1-8H;4H,2-3H2,1H3;1H2,2H3;1-2H2;2*2H,1H3;1H3;;;;/q;;-1;;;;-1;3*+1;-1. The molecule has 0 spiro atoms. The van der Waals surface area contributed by atoms with Crippen LogP contribution in [0, 0.1) is 6.26 Å². The number of hydrogen-bond donors (Lipinski definition) is 3. The molecule has 2 aromatic rings. The number of fused-ring (bicyclic) bond motifs is 1. The summed E-state index contributed by atoms with van der Waals surface area (Å²) in [6.45, 7) is 2.57. The maximum absolute atomic E-state index is 9.44. The van der Waals surface area contributed by atoms with Gasteiger partial charge in [-0.2, -0.15) is 7.11 Å². The van der Waals surface area contributed by atoms with Gasteiger partial charge in [0.05, 0.1) is 26.4 Å². The summed E-state index contributed by atoms with van der Waals surface area (Å²) in [4.78, 5) is 0. The van der Waals surface area contributed by atoms with Gasteiger partial charge in [-0.25, -0.2) is 0 Å². The van der Waals surface area contributed by atoms with E-state index in [1.807, 2.05) is 0 Å². The Labute approximate surface area is 320 Å². The molecule has 1 unspecified atom stereocenters. The average Bonchev–Trinajstić information content (AvgIpc) is 3.63. The Hall–Kier alpha value is 3.52. The first-order valence-corrected chi connectivity index (χ1v) is 9.89. The first-order chi connectivity index (χ1) is 13.6. The zero-order valence-corrected chi connectivity index (χ0v) is 30.7. The number of benzene rings is 2. The molecular formula is C20H37K3O7S. The van der Waals surface area contributed by atoms with Gasteiger partial charge in [0.1, 0.15) is 0 Å². The topological polar surface area (TPSA) is 123 Å². The number of aliphatic hydroxyl groups excluding tert-OH is 3. The number of epoxide rings is 1. The molecule has 1 saturated heterocycles. The fourth-order valence-corrected chi connectivity index (χ4v) is 1.22. The molecule has 3 rings (SSSR count). The molecule has 1 fully saturated rings. The third-order valence-electron chi connectivity index (χ3n) is 2.16. The van der Waals surface area contributed by atoms with Gasteiger partial charge >= 0.3 is 154 Å². The van der Waals surface area contributed by atoms with Gasteiger partial charge in [0, 0.05) is 21.3 Å². The SMILES string of the molecule is C1CO1.CO.CO.COCCO.C[O-].[CH2-]S(C)=O.[H-].[K+].[K+].[K+].c1ccc2ccccc2c1. The minimum Gasteiger partial charge on any atom is -1.00 e. The summed E-state index contributed by atoms with van der Waals surface area (Å²) in [5, 5.41) is 32.8. The van der Waals surface area contributed by atoms with Crippen LogP contribution in [-0.2, 0) is 20.3 Å². The van der Waals surface area contributed by atoms with Crippen molar-refractivity contribution in [3.05, 3.63) is 54.8 Å². The molecule has 0 saturated carbocycles. The van der Waals surface area contributed by atoms with Gasteiger partial charge in [0.2, 0.25) is 0 Å². The van der Waals surface area contributed by atoms with E-state index in [0.29, 0.717) is 6.61 Å². The minimum atomic E-state index is -0.861. The predicted molar refractivity (Wildman–Crippen MR) is 116 cm³/mol. The van der Waals surface area contributed by atoms with Gasteiger partial charge in [-0.3, -0.25) is 10.5 Å². The van der Waals surface area contributed by atoms with Gasteiger partial charge in [-0.15, -0.1) is 10.8 Å². The number of rotatable bonds is 2. The van der Waals surface area contributed by atoms with Crippen molar-refractivity contribution in [2.45, 2.75) is 0 Å². The Balaban J connectivity index is -0.0000000383. The smallest absolute Gasteiger partial charge is 1.00 e. The number of ether oxygens (including phenoxy) is 2. The molecule has 3 N–H and O–H groups in total. The zero-order valence-electron chi connectivity index (χ0n) is 21.5. The van der Waals surface area contributed by atoms with Crippen molar-refractivity contribution in [3.63, 3.8) is 0 Å². The van der Waals surface area contributed by atoms with Crippen LogP contribution >= 0.6 is 0 Å². The third-order valence-corrected chi connectivity index (χ3v) is 2.16. The van der Waals surface area contributed by atoms with Crippen LogP contribution in [0.2, 0.25) is 0 Å². The Kier molecular flexibility index (Phi) is 83.3. The van der Waals surface area contributed by atoms with Crippen LogP contribution in [0.3, 0.4) is 0 Å². The van der Waals surface area contributed by atoms with E-state index in [9.17, 15) is 4.21 Å². The van der Waals surface area contributed by atoms with E-state index in [-0.39, 0.29) is 162 Å². The molecule has 1 atom stereocenters. The molecule has 1 heterocycles. The summed E-state index contributed by atoms with van der Waals surface area (Å²) in [5.74, 6) is 0. The van der Waals surface area contributed by atoms with Crippen molar-refractivity contribution in [1.82, 2.24) is 0 Å². The molecule has 31 heavy (non-hydrogen) atoms. The summed E-state index contributed by atoms with van der Waals surface area (Å²) in [7, 11) is 3.44.